The minimum atomic E-state index is -0.353. The largest absolute Gasteiger partial charge is 0.299 e. The minimum absolute atomic E-state index is 0.297. The van der Waals surface area contributed by atoms with Crippen LogP contribution >= 0.6 is 0 Å². The Bertz CT molecular complexity index is 450. The molecule has 2 aliphatic rings. The van der Waals surface area contributed by atoms with Crippen LogP contribution in [-0.2, 0) is 6.54 Å². The molecule has 19 heavy (non-hydrogen) atoms. The molecule has 4 heteroatoms. The summed E-state index contributed by atoms with van der Waals surface area (Å²) in [6.07, 6.45) is 3.63. The Balaban J connectivity index is 1.70. The van der Waals surface area contributed by atoms with Gasteiger partial charge < -0.3 is 0 Å². The Morgan fingerprint density at radius 3 is 2.84 bits per heavy atom. The highest BCUT2D eigenvalue weighted by Crippen LogP contribution is 2.23. The zero-order valence-corrected chi connectivity index (χ0v) is 11.1. The molecule has 2 heterocycles. The first kappa shape index (κ1) is 13.0. The van der Waals surface area contributed by atoms with E-state index in [-0.39, 0.29) is 11.6 Å². The summed E-state index contributed by atoms with van der Waals surface area (Å²) in [5.74, 6) is -0.650. The van der Waals surface area contributed by atoms with Crippen LogP contribution in [0.3, 0.4) is 0 Å². The van der Waals surface area contributed by atoms with E-state index in [0.29, 0.717) is 18.2 Å². The van der Waals surface area contributed by atoms with Crippen molar-refractivity contribution in [2.45, 2.75) is 31.8 Å². The molecule has 0 N–H and O–H groups in total. The van der Waals surface area contributed by atoms with Gasteiger partial charge in [-0.25, -0.2) is 8.78 Å². The van der Waals surface area contributed by atoms with Crippen molar-refractivity contribution < 1.29 is 8.78 Å². The van der Waals surface area contributed by atoms with Crippen LogP contribution in [0.4, 0.5) is 8.78 Å². The van der Waals surface area contributed by atoms with E-state index in [2.05, 4.69) is 9.80 Å². The van der Waals surface area contributed by atoms with Crippen LogP contribution in [0, 0.1) is 11.6 Å². The van der Waals surface area contributed by atoms with Crippen molar-refractivity contribution in [2.24, 2.45) is 0 Å². The predicted molar refractivity (Wildman–Crippen MR) is 70.8 cm³/mol. The number of benzene rings is 1. The zero-order chi connectivity index (χ0) is 13.2. The van der Waals surface area contributed by atoms with Crippen molar-refractivity contribution in [3.8, 4) is 0 Å². The van der Waals surface area contributed by atoms with Gasteiger partial charge in [0.05, 0.1) is 0 Å². The third-order valence-electron chi connectivity index (χ3n) is 4.29. The van der Waals surface area contributed by atoms with Crippen LogP contribution in [0.5, 0.6) is 0 Å². The van der Waals surface area contributed by atoms with Gasteiger partial charge in [0.15, 0.2) is 0 Å². The van der Waals surface area contributed by atoms with E-state index in [1.54, 1.807) is 0 Å². The number of rotatable bonds is 2. The fourth-order valence-electron chi connectivity index (χ4n) is 3.33. The van der Waals surface area contributed by atoms with Gasteiger partial charge >= 0.3 is 0 Å². The first-order valence-electron chi connectivity index (χ1n) is 7.13. The van der Waals surface area contributed by atoms with Gasteiger partial charge in [-0.05, 0) is 57.1 Å². The molecule has 0 radical (unpaired) electrons. The quantitative estimate of drug-likeness (QED) is 0.812. The van der Waals surface area contributed by atoms with Crippen molar-refractivity contribution in [1.82, 2.24) is 9.80 Å². The van der Waals surface area contributed by atoms with Gasteiger partial charge in [0.25, 0.3) is 0 Å². The van der Waals surface area contributed by atoms with Crippen LogP contribution in [0.25, 0.3) is 0 Å². The van der Waals surface area contributed by atoms with Gasteiger partial charge in [0, 0.05) is 24.7 Å². The summed E-state index contributed by atoms with van der Waals surface area (Å²) in [4.78, 5) is 4.82. The lowest BCUT2D eigenvalue weighted by molar-refractivity contribution is 0.214. The Hall–Kier alpha value is -1.00. The lowest BCUT2D eigenvalue weighted by Gasteiger charge is -2.25. The minimum Gasteiger partial charge on any atom is -0.299 e. The second-order valence-electron chi connectivity index (χ2n) is 5.66. The normalized spacial score (nSPS) is 25.3. The highest BCUT2D eigenvalue weighted by molar-refractivity contribution is 5.18. The van der Waals surface area contributed by atoms with Crippen molar-refractivity contribution >= 4 is 0 Å². The van der Waals surface area contributed by atoms with Crippen molar-refractivity contribution in [1.29, 1.82) is 0 Å². The molecule has 0 aliphatic carbocycles. The van der Waals surface area contributed by atoms with E-state index in [4.69, 9.17) is 0 Å². The molecule has 2 aliphatic heterocycles. The topological polar surface area (TPSA) is 6.48 Å². The number of fused-ring (bicyclic) bond motifs is 1. The third kappa shape index (κ3) is 2.95. The van der Waals surface area contributed by atoms with E-state index in [9.17, 15) is 8.78 Å². The fourth-order valence-corrected chi connectivity index (χ4v) is 3.33. The Labute approximate surface area is 113 Å². The van der Waals surface area contributed by atoms with Crippen molar-refractivity contribution in [2.75, 3.05) is 26.2 Å². The molecule has 2 nitrogen and oxygen atoms in total. The maximum atomic E-state index is 13.7. The molecule has 2 fully saturated rings. The predicted octanol–water partition coefficient (Wildman–Crippen LogP) is 2.63. The lowest BCUT2D eigenvalue weighted by atomic mass is 10.1. The molecular weight excluding hydrogens is 246 g/mol. The van der Waals surface area contributed by atoms with Crippen LogP contribution in [0.2, 0.25) is 0 Å². The van der Waals surface area contributed by atoms with Gasteiger partial charge in [-0.1, -0.05) is 0 Å². The number of nitrogens with zero attached hydrogens (tertiary/aromatic N) is 2. The molecule has 0 unspecified atom stereocenters. The molecule has 0 spiro atoms. The van der Waals surface area contributed by atoms with Crippen molar-refractivity contribution in [3.63, 3.8) is 0 Å². The van der Waals surface area contributed by atoms with Crippen LogP contribution in [0.1, 0.15) is 24.8 Å². The molecule has 1 atom stereocenters. The summed E-state index contributed by atoms with van der Waals surface area (Å²) in [6, 6.07) is 4.34. The monoisotopic (exact) mass is 266 g/mol. The van der Waals surface area contributed by atoms with Crippen LogP contribution < -0.4 is 0 Å². The summed E-state index contributed by atoms with van der Waals surface area (Å²) in [5, 5.41) is 0. The average Bonchev–Trinajstić information content (AvgIpc) is 2.73. The summed E-state index contributed by atoms with van der Waals surface area (Å²) in [7, 11) is 0. The molecule has 3 rings (SSSR count). The Morgan fingerprint density at radius 2 is 1.95 bits per heavy atom. The summed E-state index contributed by atoms with van der Waals surface area (Å²) in [5.41, 5.74) is 0.478. The van der Waals surface area contributed by atoms with E-state index >= 15 is 0 Å². The summed E-state index contributed by atoms with van der Waals surface area (Å²) < 4.78 is 26.9. The molecule has 104 valence electrons. The summed E-state index contributed by atoms with van der Waals surface area (Å²) in [6.45, 7) is 4.83. The maximum Gasteiger partial charge on any atom is 0.127 e. The lowest BCUT2D eigenvalue weighted by Crippen LogP contribution is -2.36. The van der Waals surface area contributed by atoms with Gasteiger partial charge in [0.1, 0.15) is 11.6 Å². The van der Waals surface area contributed by atoms with Crippen LogP contribution in [-0.4, -0.2) is 42.0 Å². The highest BCUT2D eigenvalue weighted by atomic mass is 19.1. The molecule has 2 saturated heterocycles. The van der Waals surface area contributed by atoms with E-state index in [1.165, 1.54) is 37.6 Å². The van der Waals surface area contributed by atoms with E-state index in [0.717, 1.165) is 26.1 Å². The fraction of sp³-hybridized carbons (Fsp3) is 0.600. The molecule has 1 aromatic carbocycles. The summed E-state index contributed by atoms with van der Waals surface area (Å²) >= 11 is 0. The number of hydrogen-bond donors (Lipinski definition) is 0. The van der Waals surface area contributed by atoms with Gasteiger partial charge in [-0.2, -0.15) is 0 Å². The smallest absolute Gasteiger partial charge is 0.127 e. The van der Waals surface area contributed by atoms with Crippen molar-refractivity contribution in [3.05, 3.63) is 35.4 Å². The second-order valence-corrected chi connectivity index (χ2v) is 5.66. The molecular formula is C15H20F2N2. The average molecular weight is 266 g/mol. The third-order valence-corrected chi connectivity index (χ3v) is 4.29. The van der Waals surface area contributed by atoms with Crippen LogP contribution in [0.15, 0.2) is 18.2 Å². The van der Waals surface area contributed by atoms with Gasteiger partial charge in [-0.15, -0.1) is 0 Å². The zero-order valence-electron chi connectivity index (χ0n) is 11.1. The van der Waals surface area contributed by atoms with E-state index in [1.807, 2.05) is 0 Å². The molecule has 0 bridgehead atoms. The van der Waals surface area contributed by atoms with Gasteiger partial charge in [0.2, 0.25) is 0 Å². The first-order chi connectivity index (χ1) is 9.22. The molecule has 0 saturated carbocycles. The van der Waals surface area contributed by atoms with E-state index < -0.39 is 0 Å². The maximum absolute atomic E-state index is 13.7. The Kier molecular flexibility index (Phi) is 3.80. The standard InChI is InChI=1S/C15H20F2N2/c16-13-4-5-15(17)12(9-13)10-18-6-2-8-19-7-1-3-14(19)11-18/h4-5,9,14H,1-3,6-8,10-11H2/t14-/m1/s1. The SMILES string of the molecule is Fc1ccc(F)c(CN2CCCN3CCC[C@@H]3C2)c1. The molecule has 0 amide bonds. The number of halogens is 2. The van der Waals surface area contributed by atoms with Gasteiger partial charge in [-0.3, -0.25) is 9.80 Å². The second kappa shape index (κ2) is 5.55. The molecule has 1 aromatic rings. The Morgan fingerprint density at radius 1 is 1.11 bits per heavy atom. The highest BCUT2D eigenvalue weighted by Gasteiger charge is 2.28. The molecule has 0 aromatic heterocycles. The number of hydrogen-bond acceptors (Lipinski definition) is 2. The first-order valence-corrected chi connectivity index (χ1v) is 7.13.